The van der Waals surface area contributed by atoms with Crippen LogP contribution in [0.25, 0.3) is 0 Å². The largest absolute Gasteiger partial charge is 0.304 e. The molecule has 3 heteroatoms. The van der Waals surface area contributed by atoms with E-state index >= 15 is 0 Å². The van der Waals surface area contributed by atoms with Crippen molar-refractivity contribution >= 4 is 10.8 Å². The van der Waals surface area contributed by atoms with E-state index in [1.807, 2.05) is 20.8 Å². The Morgan fingerprint density at radius 3 is 2.36 bits per heavy atom. The average molecular weight is 177 g/mol. The molecule has 0 aromatic carbocycles. The summed E-state index contributed by atoms with van der Waals surface area (Å²) in [5.41, 5.74) is 0. The quantitative estimate of drug-likeness (QED) is 0.552. The Morgan fingerprint density at radius 1 is 1.45 bits per heavy atom. The van der Waals surface area contributed by atoms with Gasteiger partial charge < -0.3 is 4.90 Å². The van der Waals surface area contributed by atoms with Gasteiger partial charge in [-0.25, -0.2) is 0 Å². The second kappa shape index (κ2) is 5.72. The summed E-state index contributed by atoms with van der Waals surface area (Å²) < 4.78 is 11.0. The monoisotopic (exact) mass is 177 g/mol. The summed E-state index contributed by atoms with van der Waals surface area (Å²) in [5, 5.41) is 0.378. The highest BCUT2D eigenvalue weighted by atomic mass is 32.2. The van der Waals surface area contributed by atoms with Crippen molar-refractivity contribution in [2.45, 2.75) is 26.0 Å². The summed E-state index contributed by atoms with van der Waals surface area (Å²) in [4.78, 5) is 2.23. The summed E-state index contributed by atoms with van der Waals surface area (Å²) >= 11 is 0. The van der Waals surface area contributed by atoms with Crippen LogP contribution in [0.15, 0.2) is 0 Å². The van der Waals surface area contributed by atoms with Crippen LogP contribution in [-0.4, -0.2) is 40.2 Å². The van der Waals surface area contributed by atoms with Crippen molar-refractivity contribution in [2.24, 2.45) is 0 Å². The molecule has 2 unspecified atom stereocenters. The minimum absolute atomic E-state index is 0.378. The van der Waals surface area contributed by atoms with Crippen LogP contribution in [0.5, 0.6) is 0 Å². The van der Waals surface area contributed by atoms with Crippen molar-refractivity contribution in [1.29, 1.82) is 0 Å². The SMILES string of the molecule is CC.CC1CN(C)CCS1=O. The molecule has 1 aliphatic heterocycles. The summed E-state index contributed by atoms with van der Waals surface area (Å²) in [6, 6.07) is 0. The average Bonchev–Trinajstić information content (AvgIpc) is 2.02. The van der Waals surface area contributed by atoms with E-state index in [-0.39, 0.29) is 0 Å². The van der Waals surface area contributed by atoms with Crippen LogP contribution in [0, 0.1) is 0 Å². The third-order valence-corrected chi connectivity index (χ3v) is 3.32. The molecule has 1 fully saturated rings. The maximum atomic E-state index is 11.0. The summed E-state index contributed by atoms with van der Waals surface area (Å²) in [5.74, 6) is 0.859. The van der Waals surface area contributed by atoms with Crippen LogP contribution >= 0.6 is 0 Å². The Hall–Kier alpha value is 0.110. The first-order chi connectivity index (χ1) is 5.20. The number of rotatable bonds is 0. The second-order valence-corrected chi connectivity index (χ2v) is 4.63. The predicted octanol–water partition coefficient (Wildman–Crippen LogP) is 1.10. The highest BCUT2D eigenvalue weighted by molar-refractivity contribution is 7.85. The molecule has 0 spiro atoms. The molecule has 1 aliphatic rings. The Bertz CT molecular complexity index is 127. The molecular formula is C8H19NOS. The fourth-order valence-electron chi connectivity index (χ4n) is 1.06. The zero-order valence-electron chi connectivity index (χ0n) is 7.96. The fraction of sp³-hybridized carbons (Fsp3) is 1.00. The number of hydrogen-bond acceptors (Lipinski definition) is 2. The number of nitrogens with zero attached hydrogens (tertiary/aromatic N) is 1. The van der Waals surface area contributed by atoms with Gasteiger partial charge >= 0.3 is 0 Å². The van der Waals surface area contributed by atoms with E-state index in [2.05, 4.69) is 11.9 Å². The van der Waals surface area contributed by atoms with Gasteiger partial charge in [-0.15, -0.1) is 0 Å². The minimum atomic E-state index is -0.547. The summed E-state index contributed by atoms with van der Waals surface area (Å²) in [7, 11) is 1.53. The standard InChI is InChI=1S/C6H13NOS.C2H6/c1-6-5-7(2)3-4-9(6)8;1-2/h6H,3-5H2,1-2H3;1-2H3. The van der Waals surface area contributed by atoms with Gasteiger partial charge in [-0.1, -0.05) is 13.8 Å². The molecule has 2 nitrogen and oxygen atoms in total. The second-order valence-electron chi connectivity index (χ2n) is 2.66. The maximum Gasteiger partial charge on any atom is 0.0447 e. The predicted molar refractivity (Wildman–Crippen MR) is 51.3 cm³/mol. The third-order valence-electron chi connectivity index (χ3n) is 1.69. The lowest BCUT2D eigenvalue weighted by molar-refractivity contribution is 0.345. The maximum absolute atomic E-state index is 11.0. The fourth-order valence-corrected chi connectivity index (χ4v) is 2.38. The van der Waals surface area contributed by atoms with Gasteiger partial charge in [-0.2, -0.15) is 0 Å². The van der Waals surface area contributed by atoms with Crippen LogP contribution in [0.3, 0.4) is 0 Å². The van der Waals surface area contributed by atoms with Crippen LogP contribution in [0.1, 0.15) is 20.8 Å². The lowest BCUT2D eigenvalue weighted by Crippen LogP contribution is -2.40. The van der Waals surface area contributed by atoms with Crippen molar-refractivity contribution in [3.8, 4) is 0 Å². The molecule has 0 aliphatic carbocycles. The lowest BCUT2D eigenvalue weighted by atomic mass is 10.4. The van der Waals surface area contributed by atoms with E-state index in [0.29, 0.717) is 5.25 Å². The van der Waals surface area contributed by atoms with E-state index < -0.39 is 10.8 Å². The van der Waals surface area contributed by atoms with Gasteiger partial charge in [-0.05, 0) is 14.0 Å². The molecule has 68 valence electrons. The van der Waals surface area contributed by atoms with Gasteiger partial charge in [0.25, 0.3) is 0 Å². The third kappa shape index (κ3) is 3.87. The molecule has 1 saturated heterocycles. The molecule has 0 bridgehead atoms. The zero-order valence-corrected chi connectivity index (χ0v) is 8.78. The Morgan fingerprint density at radius 2 is 2.00 bits per heavy atom. The van der Waals surface area contributed by atoms with Crippen molar-refractivity contribution in [2.75, 3.05) is 25.9 Å². The van der Waals surface area contributed by atoms with E-state index in [1.54, 1.807) is 0 Å². The van der Waals surface area contributed by atoms with Crippen molar-refractivity contribution in [1.82, 2.24) is 4.90 Å². The minimum Gasteiger partial charge on any atom is -0.304 e. The van der Waals surface area contributed by atoms with Gasteiger partial charge in [-0.3, -0.25) is 4.21 Å². The van der Waals surface area contributed by atoms with Gasteiger partial charge in [0.1, 0.15) is 0 Å². The first-order valence-electron chi connectivity index (χ1n) is 4.26. The Balaban J connectivity index is 0.000000461. The van der Waals surface area contributed by atoms with Crippen LogP contribution < -0.4 is 0 Å². The zero-order chi connectivity index (χ0) is 8.85. The van der Waals surface area contributed by atoms with Crippen LogP contribution in [0.4, 0.5) is 0 Å². The van der Waals surface area contributed by atoms with E-state index in [0.717, 1.165) is 18.8 Å². The Kier molecular flexibility index (Phi) is 5.78. The molecule has 0 saturated carbocycles. The molecule has 2 atom stereocenters. The Labute approximate surface area is 72.4 Å². The van der Waals surface area contributed by atoms with E-state index in [1.165, 1.54) is 0 Å². The topological polar surface area (TPSA) is 20.3 Å². The highest BCUT2D eigenvalue weighted by Gasteiger charge is 2.18. The molecule has 11 heavy (non-hydrogen) atoms. The van der Waals surface area contributed by atoms with Crippen molar-refractivity contribution in [3.05, 3.63) is 0 Å². The van der Waals surface area contributed by atoms with Crippen molar-refractivity contribution in [3.63, 3.8) is 0 Å². The first-order valence-corrected chi connectivity index (χ1v) is 5.64. The van der Waals surface area contributed by atoms with E-state index in [9.17, 15) is 4.21 Å². The van der Waals surface area contributed by atoms with Gasteiger partial charge in [0.2, 0.25) is 0 Å². The van der Waals surface area contributed by atoms with Crippen molar-refractivity contribution < 1.29 is 4.21 Å². The molecule has 1 heterocycles. The molecular weight excluding hydrogens is 158 g/mol. The molecule has 0 aromatic heterocycles. The lowest BCUT2D eigenvalue weighted by Gasteiger charge is -2.26. The van der Waals surface area contributed by atoms with Crippen LogP contribution in [0.2, 0.25) is 0 Å². The molecule has 1 rings (SSSR count). The molecule has 0 amide bonds. The van der Waals surface area contributed by atoms with Gasteiger partial charge in [0, 0.05) is 34.9 Å². The first kappa shape index (κ1) is 11.1. The summed E-state index contributed by atoms with van der Waals surface area (Å²) in [6.45, 7) is 8.04. The van der Waals surface area contributed by atoms with E-state index in [4.69, 9.17) is 0 Å². The smallest absolute Gasteiger partial charge is 0.0447 e. The summed E-state index contributed by atoms with van der Waals surface area (Å²) in [6.07, 6.45) is 0. The molecule has 0 N–H and O–H groups in total. The molecule has 0 aromatic rings. The van der Waals surface area contributed by atoms with Gasteiger partial charge in [0.15, 0.2) is 0 Å². The van der Waals surface area contributed by atoms with Gasteiger partial charge in [0.05, 0.1) is 0 Å². The van der Waals surface area contributed by atoms with Crippen LogP contribution in [-0.2, 0) is 10.8 Å². The number of hydrogen-bond donors (Lipinski definition) is 0. The normalized spacial score (nSPS) is 32.4. The highest BCUT2D eigenvalue weighted by Crippen LogP contribution is 2.04. The molecule has 0 radical (unpaired) electrons.